The zero-order valence-electron chi connectivity index (χ0n) is 16.4. The summed E-state index contributed by atoms with van der Waals surface area (Å²) in [6, 6.07) is 8.01. The molecule has 1 aliphatic heterocycles. The number of carbonyl (C=O) groups excluding carboxylic acids is 1. The van der Waals surface area contributed by atoms with Gasteiger partial charge in [0.1, 0.15) is 0 Å². The fourth-order valence-corrected chi connectivity index (χ4v) is 3.41. The molecule has 144 valence electrons. The van der Waals surface area contributed by atoms with Crippen LogP contribution in [0.2, 0.25) is 0 Å². The predicted molar refractivity (Wildman–Crippen MR) is 103 cm³/mol. The van der Waals surface area contributed by atoms with Gasteiger partial charge in [-0.25, -0.2) is 4.68 Å². The summed E-state index contributed by atoms with van der Waals surface area (Å²) in [5.74, 6) is -1.20. The van der Waals surface area contributed by atoms with Crippen molar-refractivity contribution in [2.75, 3.05) is 13.1 Å². The smallest absolute Gasteiger partial charge is 0.306 e. The van der Waals surface area contributed by atoms with Crippen LogP contribution in [0.4, 0.5) is 0 Å². The van der Waals surface area contributed by atoms with Crippen LogP contribution < -0.4 is 0 Å². The highest BCUT2D eigenvalue weighted by molar-refractivity contribution is 5.95. The van der Waals surface area contributed by atoms with Crippen molar-refractivity contribution in [3.63, 3.8) is 0 Å². The Kier molecular flexibility index (Phi) is 5.09. The van der Waals surface area contributed by atoms with Crippen molar-refractivity contribution >= 4 is 11.9 Å². The van der Waals surface area contributed by atoms with Crippen LogP contribution in [-0.4, -0.2) is 44.8 Å². The molecule has 1 aliphatic rings. The van der Waals surface area contributed by atoms with Crippen LogP contribution in [0.15, 0.2) is 30.5 Å². The third-order valence-corrected chi connectivity index (χ3v) is 5.08. The monoisotopic (exact) mass is 369 g/mol. The summed E-state index contributed by atoms with van der Waals surface area (Å²) in [7, 11) is 0. The largest absolute Gasteiger partial charge is 0.481 e. The molecular formula is C21H27N3O3. The zero-order valence-corrected chi connectivity index (χ0v) is 16.4. The molecule has 6 heteroatoms. The first kappa shape index (κ1) is 19.1. The maximum absolute atomic E-state index is 13.2. The zero-order chi connectivity index (χ0) is 19.8. The van der Waals surface area contributed by atoms with E-state index >= 15 is 0 Å². The Hall–Kier alpha value is -2.63. The van der Waals surface area contributed by atoms with Crippen molar-refractivity contribution in [3.05, 3.63) is 47.3 Å². The lowest BCUT2D eigenvalue weighted by molar-refractivity contribution is -0.143. The minimum absolute atomic E-state index is 0.0675. The molecule has 1 amide bonds. The second-order valence-electron chi connectivity index (χ2n) is 8.33. The molecule has 6 nitrogen and oxygen atoms in total. The lowest BCUT2D eigenvalue weighted by atomic mass is 9.89. The summed E-state index contributed by atoms with van der Waals surface area (Å²) in [4.78, 5) is 26.1. The van der Waals surface area contributed by atoms with E-state index in [2.05, 4.69) is 0 Å². The number of amides is 1. The van der Waals surface area contributed by atoms with Gasteiger partial charge in [-0.1, -0.05) is 38.5 Å². The lowest BCUT2D eigenvalue weighted by Gasteiger charge is -2.30. The molecule has 0 saturated carbocycles. The third kappa shape index (κ3) is 4.04. The van der Waals surface area contributed by atoms with Crippen LogP contribution in [0, 0.1) is 12.8 Å². The highest BCUT2D eigenvalue weighted by atomic mass is 16.4. The molecule has 1 N–H and O–H groups in total. The SMILES string of the molecule is Cc1ccc(-n2cc(C(=O)N3CCC(C(=O)O)CC3)c(C(C)(C)C)n2)cc1. The highest BCUT2D eigenvalue weighted by Gasteiger charge is 2.32. The van der Waals surface area contributed by atoms with E-state index < -0.39 is 5.97 Å². The summed E-state index contributed by atoms with van der Waals surface area (Å²) < 4.78 is 1.76. The van der Waals surface area contributed by atoms with Crippen LogP contribution in [0.25, 0.3) is 5.69 Å². The van der Waals surface area contributed by atoms with Crippen molar-refractivity contribution < 1.29 is 14.7 Å². The molecule has 0 bridgehead atoms. The molecule has 2 aromatic rings. The summed E-state index contributed by atoms with van der Waals surface area (Å²) in [5, 5.41) is 13.9. The minimum Gasteiger partial charge on any atom is -0.481 e. The maximum Gasteiger partial charge on any atom is 0.306 e. The summed E-state index contributed by atoms with van der Waals surface area (Å²) in [5.41, 5.74) is 3.15. The molecule has 0 spiro atoms. The molecule has 0 atom stereocenters. The van der Waals surface area contributed by atoms with E-state index in [1.807, 2.05) is 52.0 Å². The first-order valence-corrected chi connectivity index (χ1v) is 9.36. The van der Waals surface area contributed by atoms with Crippen LogP contribution in [0.1, 0.15) is 55.2 Å². The van der Waals surface area contributed by atoms with Crippen molar-refractivity contribution in [2.45, 2.75) is 46.0 Å². The molecule has 0 unspecified atom stereocenters. The molecule has 3 rings (SSSR count). The van der Waals surface area contributed by atoms with Gasteiger partial charge in [0.15, 0.2) is 0 Å². The summed E-state index contributed by atoms with van der Waals surface area (Å²) in [6.45, 7) is 9.10. The number of nitrogens with zero attached hydrogens (tertiary/aromatic N) is 3. The first-order valence-electron chi connectivity index (χ1n) is 9.36. The van der Waals surface area contributed by atoms with E-state index in [9.17, 15) is 9.59 Å². The molecular weight excluding hydrogens is 342 g/mol. The maximum atomic E-state index is 13.2. The number of likely N-dealkylation sites (tertiary alicyclic amines) is 1. The van der Waals surface area contributed by atoms with Crippen molar-refractivity contribution in [2.24, 2.45) is 5.92 Å². The van der Waals surface area contributed by atoms with Crippen LogP contribution in [0.5, 0.6) is 0 Å². The van der Waals surface area contributed by atoms with E-state index in [1.165, 1.54) is 5.56 Å². The molecule has 0 radical (unpaired) electrons. The molecule has 1 aromatic heterocycles. The number of carboxylic acid groups (broad SMARTS) is 1. The first-order chi connectivity index (χ1) is 12.7. The Morgan fingerprint density at radius 1 is 1.11 bits per heavy atom. The van der Waals surface area contributed by atoms with Gasteiger partial charge in [0.05, 0.1) is 22.9 Å². The van der Waals surface area contributed by atoms with Gasteiger partial charge in [-0.3, -0.25) is 9.59 Å². The van der Waals surface area contributed by atoms with E-state index in [4.69, 9.17) is 10.2 Å². The van der Waals surface area contributed by atoms with Gasteiger partial charge in [0, 0.05) is 24.7 Å². The number of rotatable bonds is 3. The molecule has 0 aliphatic carbocycles. The lowest BCUT2D eigenvalue weighted by Crippen LogP contribution is -2.40. The van der Waals surface area contributed by atoms with Gasteiger partial charge < -0.3 is 10.0 Å². The number of hydrogen-bond donors (Lipinski definition) is 1. The highest BCUT2D eigenvalue weighted by Crippen LogP contribution is 2.28. The Morgan fingerprint density at radius 2 is 1.70 bits per heavy atom. The van der Waals surface area contributed by atoms with Gasteiger partial charge in [-0.05, 0) is 31.9 Å². The Balaban J connectivity index is 1.91. The van der Waals surface area contributed by atoms with Crippen molar-refractivity contribution in [3.8, 4) is 5.69 Å². The average molecular weight is 369 g/mol. The summed E-state index contributed by atoms with van der Waals surface area (Å²) in [6.07, 6.45) is 2.80. The van der Waals surface area contributed by atoms with Gasteiger partial charge in [-0.2, -0.15) is 5.10 Å². The van der Waals surface area contributed by atoms with Gasteiger partial charge in [0.2, 0.25) is 0 Å². The third-order valence-electron chi connectivity index (χ3n) is 5.08. The van der Waals surface area contributed by atoms with E-state index in [0.29, 0.717) is 31.5 Å². The second kappa shape index (κ2) is 7.18. The topological polar surface area (TPSA) is 75.4 Å². The summed E-state index contributed by atoms with van der Waals surface area (Å²) >= 11 is 0. The van der Waals surface area contributed by atoms with E-state index in [1.54, 1.807) is 15.8 Å². The standard InChI is InChI=1S/C21H27N3O3/c1-14-5-7-16(8-6-14)24-13-17(18(22-24)21(2,3)4)19(25)23-11-9-15(10-12-23)20(26)27/h5-8,13,15H,9-12H2,1-4H3,(H,26,27). The van der Waals surface area contributed by atoms with Crippen molar-refractivity contribution in [1.29, 1.82) is 0 Å². The fraction of sp³-hybridized carbons (Fsp3) is 0.476. The second-order valence-corrected chi connectivity index (χ2v) is 8.33. The number of hydrogen-bond acceptors (Lipinski definition) is 3. The molecule has 1 saturated heterocycles. The Morgan fingerprint density at radius 3 is 2.22 bits per heavy atom. The number of aryl methyl sites for hydroxylation is 1. The normalized spacial score (nSPS) is 15.8. The number of carbonyl (C=O) groups is 2. The van der Waals surface area contributed by atoms with Gasteiger partial charge in [-0.15, -0.1) is 0 Å². The number of aliphatic carboxylic acids is 1. The molecule has 27 heavy (non-hydrogen) atoms. The average Bonchev–Trinajstić information content (AvgIpc) is 3.07. The van der Waals surface area contributed by atoms with Crippen LogP contribution in [-0.2, 0) is 10.2 Å². The number of carboxylic acids is 1. The van der Waals surface area contributed by atoms with Crippen molar-refractivity contribution in [1.82, 2.24) is 14.7 Å². The van der Waals surface area contributed by atoms with Crippen LogP contribution in [0.3, 0.4) is 0 Å². The van der Waals surface area contributed by atoms with Gasteiger partial charge in [0.25, 0.3) is 5.91 Å². The number of piperidine rings is 1. The molecule has 1 fully saturated rings. The number of aromatic nitrogens is 2. The van der Waals surface area contributed by atoms with Crippen LogP contribution >= 0.6 is 0 Å². The Bertz CT molecular complexity index is 839. The molecule has 1 aromatic carbocycles. The predicted octanol–water partition coefficient (Wildman–Crippen LogP) is 3.42. The fourth-order valence-electron chi connectivity index (χ4n) is 3.41. The van der Waals surface area contributed by atoms with E-state index in [0.717, 1.165) is 11.4 Å². The Labute approximate surface area is 159 Å². The quantitative estimate of drug-likeness (QED) is 0.899. The molecule has 2 heterocycles. The van der Waals surface area contributed by atoms with E-state index in [-0.39, 0.29) is 17.2 Å². The minimum atomic E-state index is -0.773. The number of benzene rings is 1. The van der Waals surface area contributed by atoms with Gasteiger partial charge >= 0.3 is 5.97 Å².